The Kier molecular flexibility index (Phi) is 7.48. The molecular formula is C14H27N3O2. The second-order valence-corrected chi connectivity index (χ2v) is 5.28. The molecule has 0 aliphatic heterocycles. The van der Waals surface area contributed by atoms with Crippen LogP contribution < -0.4 is 16.0 Å². The first-order valence-electron chi connectivity index (χ1n) is 7.48. The summed E-state index contributed by atoms with van der Waals surface area (Å²) in [6.07, 6.45) is 8.61. The lowest BCUT2D eigenvalue weighted by atomic mass is 9.96. The zero-order valence-electron chi connectivity index (χ0n) is 12.1. The van der Waals surface area contributed by atoms with E-state index in [4.69, 9.17) is 0 Å². The molecule has 0 bridgehead atoms. The quantitative estimate of drug-likeness (QED) is 0.730. The van der Waals surface area contributed by atoms with E-state index in [1.807, 2.05) is 13.8 Å². The van der Waals surface area contributed by atoms with Crippen molar-refractivity contribution < 1.29 is 9.59 Å². The van der Waals surface area contributed by atoms with Crippen LogP contribution in [0.5, 0.6) is 0 Å². The largest absolute Gasteiger partial charge is 0.338 e. The van der Waals surface area contributed by atoms with E-state index in [1.165, 1.54) is 32.1 Å². The van der Waals surface area contributed by atoms with Crippen molar-refractivity contribution in [3.05, 3.63) is 0 Å². The third-order valence-corrected chi connectivity index (χ3v) is 3.56. The minimum atomic E-state index is -0.418. The Labute approximate surface area is 115 Å². The minimum absolute atomic E-state index is 0.256. The number of urea groups is 1. The maximum absolute atomic E-state index is 11.8. The molecule has 0 aromatic carbocycles. The molecule has 19 heavy (non-hydrogen) atoms. The summed E-state index contributed by atoms with van der Waals surface area (Å²) in [5.41, 5.74) is 0. The van der Waals surface area contributed by atoms with Crippen molar-refractivity contribution in [1.82, 2.24) is 16.0 Å². The molecule has 5 heteroatoms. The fourth-order valence-corrected chi connectivity index (χ4v) is 2.48. The van der Waals surface area contributed by atoms with Gasteiger partial charge in [0, 0.05) is 12.6 Å². The predicted molar refractivity (Wildman–Crippen MR) is 75.9 cm³/mol. The molecule has 3 amide bonds. The van der Waals surface area contributed by atoms with E-state index >= 15 is 0 Å². The molecule has 1 fully saturated rings. The highest BCUT2D eigenvalue weighted by atomic mass is 16.2. The predicted octanol–water partition coefficient (Wildman–Crippen LogP) is 1.92. The highest BCUT2D eigenvalue weighted by Crippen LogP contribution is 2.17. The maximum atomic E-state index is 11.8. The molecule has 1 unspecified atom stereocenters. The van der Waals surface area contributed by atoms with Crippen molar-refractivity contribution in [2.45, 2.75) is 70.9 Å². The Bertz CT molecular complexity index is 286. The Balaban J connectivity index is 2.32. The van der Waals surface area contributed by atoms with Gasteiger partial charge in [-0.3, -0.25) is 10.1 Å². The molecule has 0 heterocycles. The first kappa shape index (κ1) is 16.0. The van der Waals surface area contributed by atoms with Crippen LogP contribution in [-0.2, 0) is 4.79 Å². The molecule has 5 nitrogen and oxygen atoms in total. The lowest BCUT2D eigenvalue weighted by molar-refractivity contribution is -0.121. The van der Waals surface area contributed by atoms with Crippen molar-refractivity contribution >= 4 is 11.9 Å². The number of hydrogen-bond acceptors (Lipinski definition) is 3. The summed E-state index contributed by atoms with van der Waals surface area (Å²) in [7, 11) is 0. The summed E-state index contributed by atoms with van der Waals surface area (Å²) in [4.78, 5) is 23.1. The van der Waals surface area contributed by atoms with Crippen LogP contribution in [-0.4, -0.2) is 30.6 Å². The van der Waals surface area contributed by atoms with Crippen molar-refractivity contribution in [3.63, 3.8) is 0 Å². The van der Waals surface area contributed by atoms with E-state index < -0.39 is 6.03 Å². The van der Waals surface area contributed by atoms with Gasteiger partial charge in [0.25, 0.3) is 0 Å². The average molecular weight is 269 g/mol. The zero-order valence-corrected chi connectivity index (χ0v) is 12.1. The molecule has 1 atom stereocenters. The monoisotopic (exact) mass is 269 g/mol. The van der Waals surface area contributed by atoms with Gasteiger partial charge >= 0.3 is 6.03 Å². The second-order valence-electron chi connectivity index (χ2n) is 5.28. The number of carbonyl (C=O) groups is 2. The molecule has 0 saturated heterocycles. The lowest BCUT2D eigenvalue weighted by Crippen LogP contribution is -2.50. The van der Waals surface area contributed by atoms with Crippen molar-refractivity contribution in [2.24, 2.45) is 0 Å². The summed E-state index contributed by atoms with van der Waals surface area (Å²) in [5, 5.41) is 8.24. The van der Waals surface area contributed by atoms with Gasteiger partial charge in [-0.15, -0.1) is 0 Å². The third-order valence-electron chi connectivity index (χ3n) is 3.56. The van der Waals surface area contributed by atoms with E-state index in [0.29, 0.717) is 12.6 Å². The summed E-state index contributed by atoms with van der Waals surface area (Å²) in [6, 6.07) is -0.346. The van der Waals surface area contributed by atoms with Crippen LogP contribution in [0.1, 0.15) is 58.8 Å². The summed E-state index contributed by atoms with van der Waals surface area (Å²) in [6.45, 7) is 4.15. The van der Waals surface area contributed by atoms with Crippen LogP contribution in [0, 0.1) is 0 Å². The first-order valence-corrected chi connectivity index (χ1v) is 7.48. The minimum Gasteiger partial charge on any atom is -0.338 e. The topological polar surface area (TPSA) is 70.2 Å². The van der Waals surface area contributed by atoms with Gasteiger partial charge in [-0.2, -0.15) is 0 Å². The van der Waals surface area contributed by atoms with E-state index in [-0.39, 0.29) is 11.9 Å². The van der Waals surface area contributed by atoms with Gasteiger partial charge < -0.3 is 10.6 Å². The molecule has 0 radical (unpaired) electrons. The molecule has 110 valence electrons. The molecule has 1 aliphatic rings. The van der Waals surface area contributed by atoms with E-state index in [2.05, 4.69) is 16.0 Å². The first-order chi connectivity index (χ1) is 9.13. The fourth-order valence-electron chi connectivity index (χ4n) is 2.48. The number of amides is 3. The van der Waals surface area contributed by atoms with Crippen molar-refractivity contribution in [1.29, 1.82) is 0 Å². The molecule has 1 saturated carbocycles. The van der Waals surface area contributed by atoms with Gasteiger partial charge in [-0.25, -0.2) is 4.79 Å². The zero-order chi connectivity index (χ0) is 14.1. The highest BCUT2D eigenvalue weighted by molar-refractivity contribution is 5.96. The molecule has 3 N–H and O–H groups in total. The van der Waals surface area contributed by atoms with Gasteiger partial charge in [-0.1, -0.05) is 32.1 Å². The van der Waals surface area contributed by atoms with Crippen LogP contribution in [0.25, 0.3) is 0 Å². The number of hydrogen-bond donors (Lipinski definition) is 3. The molecule has 1 rings (SSSR count). The number of rotatable bonds is 4. The average Bonchev–Trinajstić information content (AvgIpc) is 2.32. The molecule has 0 aromatic heterocycles. The Morgan fingerprint density at radius 1 is 1.11 bits per heavy atom. The lowest BCUT2D eigenvalue weighted by Gasteiger charge is -2.24. The van der Waals surface area contributed by atoms with Gasteiger partial charge in [-0.05, 0) is 26.7 Å². The number of nitrogens with one attached hydrogen (secondary N) is 3. The summed E-state index contributed by atoms with van der Waals surface area (Å²) < 4.78 is 0. The Morgan fingerprint density at radius 3 is 2.26 bits per heavy atom. The summed E-state index contributed by atoms with van der Waals surface area (Å²) in [5.74, 6) is -0.256. The van der Waals surface area contributed by atoms with Crippen LogP contribution in [0.15, 0.2) is 0 Å². The number of carbonyl (C=O) groups excluding carboxylic acids is 2. The van der Waals surface area contributed by atoms with Gasteiger partial charge in [0.2, 0.25) is 5.91 Å². The molecule has 1 aliphatic carbocycles. The van der Waals surface area contributed by atoms with E-state index in [1.54, 1.807) is 0 Å². The fraction of sp³-hybridized carbons (Fsp3) is 0.857. The smallest absolute Gasteiger partial charge is 0.321 e. The maximum Gasteiger partial charge on any atom is 0.321 e. The third kappa shape index (κ3) is 6.57. The van der Waals surface area contributed by atoms with Gasteiger partial charge in [0.1, 0.15) is 0 Å². The Hall–Kier alpha value is -1.10. The Morgan fingerprint density at radius 2 is 1.68 bits per heavy atom. The SMILES string of the molecule is CCNC(=O)NC(=O)C(C)NC1CCCCCCC1. The normalized spacial score (nSPS) is 19.1. The molecule has 0 spiro atoms. The van der Waals surface area contributed by atoms with Crippen LogP contribution >= 0.6 is 0 Å². The van der Waals surface area contributed by atoms with Crippen molar-refractivity contribution in [3.8, 4) is 0 Å². The van der Waals surface area contributed by atoms with Crippen LogP contribution in [0.4, 0.5) is 4.79 Å². The van der Waals surface area contributed by atoms with Crippen LogP contribution in [0.3, 0.4) is 0 Å². The van der Waals surface area contributed by atoms with Crippen molar-refractivity contribution in [2.75, 3.05) is 6.54 Å². The second kappa shape index (κ2) is 8.91. The van der Waals surface area contributed by atoms with Gasteiger partial charge in [0.05, 0.1) is 6.04 Å². The van der Waals surface area contributed by atoms with Crippen LogP contribution in [0.2, 0.25) is 0 Å². The van der Waals surface area contributed by atoms with E-state index in [9.17, 15) is 9.59 Å². The number of imide groups is 1. The standard InChI is InChI=1S/C14H27N3O2/c1-3-15-14(19)17-13(18)11(2)16-12-9-7-5-4-6-8-10-12/h11-12,16H,3-10H2,1-2H3,(H2,15,17,18,19). The molecular weight excluding hydrogens is 242 g/mol. The highest BCUT2D eigenvalue weighted by Gasteiger charge is 2.19. The molecule has 0 aromatic rings. The van der Waals surface area contributed by atoms with E-state index in [0.717, 1.165) is 12.8 Å². The van der Waals surface area contributed by atoms with Gasteiger partial charge in [0.15, 0.2) is 0 Å². The summed E-state index contributed by atoms with van der Waals surface area (Å²) >= 11 is 0.